The van der Waals surface area contributed by atoms with Crippen LogP contribution < -0.4 is 11.1 Å². The van der Waals surface area contributed by atoms with Gasteiger partial charge in [0.15, 0.2) is 0 Å². The Labute approximate surface area is 103 Å². The first-order valence-electron chi connectivity index (χ1n) is 6.43. The molecule has 1 aliphatic heterocycles. The molecule has 0 aromatic heterocycles. The summed E-state index contributed by atoms with van der Waals surface area (Å²) in [5, 5.41) is 3.42. The van der Waals surface area contributed by atoms with E-state index in [-0.39, 0.29) is 0 Å². The molecule has 1 aromatic carbocycles. The topological polar surface area (TPSA) is 47.3 Å². The summed E-state index contributed by atoms with van der Waals surface area (Å²) in [4.78, 5) is 0. The normalized spacial score (nSPS) is 17.0. The van der Waals surface area contributed by atoms with Gasteiger partial charge in [-0.3, -0.25) is 0 Å². The Kier molecular flexibility index (Phi) is 4.26. The first-order chi connectivity index (χ1) is 8.25. The quantitative estimate of drug-likeness (QED) is 0.787. The molecule has 3 heteroatoms. The van der Waals surface area contributed by atoms with Crippen LogP contribution in [0.4, 0.5) is 11.4 Å². The molecule has 1 aliphatic rings. The molecule has 1 aromatic rings. The first kappa shape index (κ1) is 12.2. The van der Waals surface area contributed by atoms with E-state index in [0.29, 0.717) is 0 Å². The summed E-state index contributed by atoms with van der Waals surface area (Å²) >= 11 is 0. The van der Waals surface area contributed by atoms with Crippen molar-refractivity contribution in [3.63, 3.8) is 0 Å². The first-order valence-corrected chi connectivity index (χ1v) is 6.43. The second-order valence-corrected chi connectivity index (χ2v) is 4.86. The lowest BCUT2D eigenvalue weighted by molar-refractivity contribution is 0.0649. The summed E-state index contributed by atoms with van der Waals surface area (Å²) in [6.07, 6.45) is 3.60. The van der Waals surface area contributed by atoms with Gasteiger partial charge in [0, 0.05) is 19.8 Å². The molecular weight excluding hydrogens is 212 g/mol. The summed E-state index contributed by atoms with van der Waals surface area (Å²) in [6.45, 7) is 4.91. The van der Waals surface area contributed by atoms with E-state index in [1.54, 1.807) is 0 Å². The highest BCUT2D eigenvalue weighted by atomic mass is 16.5. The SMILES string of the molecule is Cc1ccc(NCCC2CCOCC2)c(N)c1. The molecule has 3 nitrogen and oxygen atoms in total. The van der Waals surface area contributed by atoms with Crippen molar-refractivity contribution in [2.45, 2.75) is 26.2 Å². The van der Waals surface area contributed by atoms with Crippen LogP contribution in [0.3, 0.4) is 0 Å². The lowest BCUT2D eigenvalue weighted by Crippen LogP contribution is -2.18. The van der Waals surface area contributed by atoms with Gasteiger partial charge in [-0.2, -0.15) is 0 Å². The van der Waals surface area contributed by atoms with Crippen molar-refractivity contribution in [1.29, 1.82) is 0 Å². The van der Waals surface area contributed by atoms with E-state index in [1.807, 2.05) is 6.07 Å². The summed E-state index contributed by atoms with van der Waals surface area (Å²) in [5.74, 6) is 0.808. The summed E-state index contributed by atoms with van der Waals surface area (Å²) in [6, 6.07) is 6.17. The maximum Gasteiger partial charge on any atom is 0.0574 e. The molecule has 17 heavy (non-hydrogen) atoms. The molecule has 94 valence electrons. The maximum absolute atomic E-state index is 5.96. The fourth-order valence-electron chi connectivity index (χ4n) is 2.29. The van der Waals surface area contributed by atoms with Crippen LogP contribution in [0.15, 0.2) is 18.2 Å². The molecule has 2 rings (SSSR count). The van der Waals surface area contributed by atoms with Crippen LogP contribution in [-0.4, -0.2) is 19.8 Å². The van der Waals surface area contributed by atoms with Crippen molar-refractivity contribution in [1.82, 2.24) is 0 Å². The van der Waals surface area contributed by atoms with Gasteiger partial charge in [0.1, 0.15) is 0 Å². The second kappa shape index (κ2) is 5.92. The molecule has 3 N–H and O–H groups in total. The summed E-state index contributed by atoms with van der Waals surface area (Å²) in [5.41, 5.74) is 9.07. The van der Waals surface area contributed by atoms with Crippen LogP contribution >= 0.6 is 0 Å². The van der Waals surface area contributed by atoms with Crippen LogP contribution in [0.25, 0.3) is 0 Å². The summed E-state index contributed by atoms with van der Waals surface area (Å²) in [7, 11) is 0. The van der Waals surface area contributed by atoms with E-state index >= 15 is 0 Å². The van der Waals surface area contributed by atoms with Crippen molar-refractivity contribution in [2.75, 3.05) is 30.8 Å². The molecular formula is C14H22N2O. The van der Waals surface area contributed by atoms with Crippen molar-refractivity contribution in [3.05, 3.63) is 23.8 Å². The number of nitrogen functional groups attached to an aromatic ring is 1. The number of nitrogens with one attached hydrogen (secondary N) is 1. The largest absolute Gasteiger partial charge is 0.397 e. The van der Waals surface area contributed by atoms with Crippen LogP contribution in [-0.2, 0) is 4.74 Å². The standard InChI is InChI=1S/C14H22N2O/c1-11-2-3-14(13(15)10-11)16-7-4-12-5-8-17-9-6-12/h2-3,10,12,16H,4-9,15H2,1H3. The zero-order valence-corrected chi connectivity index (χ0v) is 10.5. The van der Waals surface area contributed by atoms with Crippen molar-refractivity contribution < 1.29 is 4.74 Å². The molecule has 1 heterocycles. The molecule has 0 aliphatic carbocycles. The summed E-state index contributed by atoms with van der Waals surface area (Å²) < 4.78 is 5.36. The predicted molar refractivity (Wildman–Crippen MR) is 72.2 cm³/mol. The van der Waals surface area contributed by atoms with Crippen LogP contribution in [0, 0.1) is 12.8 Å². The number of ether oxygens (including phenoxy) is 1. The average molecular weight is 234 g/mol. The molecule has 0 unspecified atom stereocenters. The van der Waals surface area contributed by atoms with E-state index in [2.05, 4.69) is 24.4 Å². The third kappa shape index (κ3) is 3.63. The number of benzene rings is 1. The van der Waals surface area contributed by atoms with E-state index in [9.17, 15) is 0 Å². The number of hydrogen-bond donors (Lipinski definition) is 2. The molecule has 0 saturated carbocycles. The zero-order chi connectivity index (χ0) is 12.1. The Balaban J connectivity index is 1.77. The highest BCUT2D eigenvalue weighted by molar-refractivity contribution is 5.66. The lowest BCUT2D eigenvalue weighted by atomic mass is 9.96. The minimum absolute atomic E-state index is 0.808. The van der Waals surface area contributed by atoms with E-state index in [1.165, 1.54) is 24.8 Å². The second-order valence-electron chi connectivity index (χ2n) is 4.86. The van der Waals surface area contributed by atoms with Crippen LogP contribution in [0.5, 0.6) is 0 Å². The van der Waals surface area contributed by atoms with Gasteiger partial charge in [0.2, 0.25) is 0 Å². The van der Waals surface area contributed by atoms with Gasteiger partial charge >= 0.3 is 0 Å². The van der Waals surface area contributed by atoms with Crippen LogP contribution in [0.2, 0.25) is 0 Å². The lowest BCUT2D eigenvalue weighted by Gasteiger charge is -2.22. The zero-order valence-electron chi connectivity index (χ0n) is 10.5. The van der Waals surface area contributed by atoms with E-state index < -0.39 is 0 Å². The van der Waals surface area contributed by atoms with E-state index in [4.69, 9.17) is 10.5 Å². The molecule has 1 saturated heterocycles. The monoisotopic (exact) mass is 234 g/mol. The Bertz CT molecular complexity index is 359. The van der Waals surface area contributed by atoms with Crippen LogP contribution in [0.1, 0.15) is 24.8 Å². The van der Waals surface area contributed by atoms with Gasteiger partial charge in [0.25, 0.3) is 0 Å². The maximum atomic E-state index is 5.96. The van der Waals surface area contributed by atoms with Gasteiger partial charge < -0.3 is 15.8 Å². The fraction of sp³-hybridized carbons (Fsp3) is 0.571. The fourth-order valence-corrected chi connectivity index (χ4v) is 2.29. The Hall–Kier alpha value is -1.22. The number of nitrogens with two attached hydrogens (primary N) is 1. The molecule has 0 atom stereocenters. The number of anilines is 2. The number of rotatable bonds is 4. The molecule has 0 amide bonds. The van der Waals surface area contributed by atoms with Crippen molar-refractivity contribution in [3.8, 4) is 0 Å². The Morgan fingerprint density at radius 3 is 2.82 bits per heavy atom. The minimum Gasteiger partial charge on any atom is -0.397 e. The molecule has 1 fully saturated rings. The molecule has 0 bridgehead atoms. The third-order valence-electron chi connectivity index (χ3n) is 3.42. The van der Waals surface area contributed by atoms with Crippen molar-refractivity contribution >= 4 is 11.4 Å². The highest BCUT2D eigenvalue weighted by Crippen LogP contribution is 2.21. The predicted octanol–water partition coefficient (Wildman–Crippen LogP) is 2.81. The van der Waals surface area contributed by atoms with Gasteiger partial charge in [-0.05, 0) is 49.8 Å². The van der Waals surface area contributed by atoms with Gasteiger partial charge in [-0.25, -0.2) is 0 Å². The smallest absolute Gasteiger partial charge is 0.0574 e. The van der Waals surface area contributed by atoms with Gasteiger partial charge in [-0.15, -0.1) is 0 Å². The number of aryl methyl sites for hydroxylation is 1. The minimum atomic E-state index is 0.808. The van der Waals surface area contributed by atoms with E-state index in [0.717, 1.165) is 37.1 Å². The average Bonchev–Trinajstić information content (AvgIpc) is 2.33. The Morgan fingerprint density at radius 1 is 1.35 bits per heavy atom. The highest BCUT2D eigenvalue weighted by Gasteiger charge is 2.13. The van der Waals surface area contributed by atoms with Gasteiger partial charge in [-0.1, -0.05) is 6.07 Å². The molecule has 0 radical (unpaired) electrons. The van der Waals surface area contributed by atoms with Gasteiger partial charge in [0.05, 0.1) is 11.4 Å². The Morgan fingerprint density at radius 2 is 2.12 bits per heavy atom. The number of hydrogen-bond acceptors (Lipinski definition) is 3. The molecule has 0 spiro atoms. The van der Waals surface area contributed by atoms with Crippen molar-refractivity contribution in [2.24, 2.45) is 5.92 Å². The third-order valence-corrected chi connectivity index (χ3v) is 3.42.